The van der Waals surface area contributed by atoms with Crippen LogP contribution in [0.1, 0.15) is 40.7 Å². The molecule has 6 heteroatoms. The van der Waals surface area contributed by atoms with Crippen LogP contribution >= 0.6 is 0 Å². The molecular weight excluding hydrogens is 275 g/mol. The van der Waals surface area contributed by atoms with Crippen molar-refractivity contribution in [1.29, 1.82) is 0 Å². The normalized spacial score (nSPS) is 17.5. The zero-order chi connectivity index (χ0) is 15.1. The van der Waals surface area contributed by atoms with Gasteiger partial charge in [-0.3, -0.25) is 4.79 Å². The Bertz CT molecular complexity index is 751. The molecule has 1 aliphatic rings. The summed E-state index contributed by atoms with van der Waals surface area (Å²) in [6, 6.07) is 4.58. The second-order valence-electron chi connectivity index (χ2n) is 5.04. The molecule has 3 rings (SSSR count). The summed E-state index contributed by atoms with van der Waals surface area (Å²) in [5.74, 6) is -1.57. The fourth-order valence-corrected chi connectivity index (χ4v) is 2.70. The third-order valence-corrected chi connectivity index (χ3v) is 3.67. The number of ether oxygens (including phenoxy) is 1. The lowest BCUT2D eigenvalue weighted by Crippen LogP contribution is -2.37. The number of nitrogens with one attached hydrogen (secondary N) is 1. The van der Waals surface area contributed by atoms with Crippen molar-refractivity contribution in [2.75, 3.05) is 13.2 Å². The molecule has 1 atom stereocenters. The molecule has 2 aromatic rings. The van der Waals surface area contributed by atoms with Crippen LogP contribution in [0.25, 0.3) is 10.9 Å². The maximum absolute atomic E-state index is 14.7. The lowest BCUT2D eigenvalue weighted by atomic mass is 10.1. The zero-order valence-electron chi connectivity index (χ0n) is 11.8. The monoisotopic (exact) mass is 290 g/mol. The van der Waals surface area contributed by atoms with Crippen LogP contribution < -0.4 is 5.32 Å². The summed E-state index contributed by atoms with van der Waals surface area (Å²) in [5.41, 5.74) is 0.574. The van der Waals surface area contributed by atoms with Gasteiger partial charge >= 0.3 is 5.97 Å². The number of aromatic nitrogens is 1. The standard InChI is InChI=1S/C15H15FN2O3/c1-3-21-15(20)10-5-4-9-6-11-14(19)17-7-8(2)18(11)13(9)12(10)16/h4-6,8H,3,7H2,1-2H3,(H,17,19)/t8-/m1/s1. The van der Waals surface area contributed by atoms with E-state index >= 15 is 0 Å². The van der Waals surface area contributed by atoms with E-state index in [4.69, 9.17) is 4.74 Å². The fraction of sp³-hybridized carbons (Fsp3) is 0.333. The van der Waals surface area contributed by atoms with Crippen molar-refractivity contribution >= 4 is 22.8 Å². The number of amides is 1. The first kappa shape index (κ1) is 13.6. The first-order valence-corrected chi connectivity index (χ1v) is 6.83. The van der Waals surface area contributed by atoms with Crippen LogP contribution in [0.2, 0.25) is 0 Å². The number of hydrogen-bond acceptors (Lipinski definition) is 3. The second-order valence-corrected chi connectivity index (χ2v) is 5.04. The van der Waals surface area contributed by atoms with Crippen molar-refractivity contribution in [1.82, 2.24) is 9.88 Å². The number of rotatable bonds is 2. The molecule has 0 saturated heterocycles. The fourth-order valence-electron chi connectivity index (χ4n) is 2.70. The Labute approximate surface area is 120 Å². The zero-order valence-corrected chi connectivity index (χ0v) is 11.8. The Kier molecular flexibility index (Phi) is 3.16. The smallest absolute Gasteiger partial charge is 0.341 e. The highest BCUT2D eigenvalue weighted by atomic mass is 19.1. The molecule has 21 heavy (non-hydrogen) atoms. The van der Waals surface area contributed by atoms with Crippen molar-refractivity contribution in [3.8, 4) is 0 Å². The number of benzene rings is 1. The van der Waals surface area contributed by atoms with Gasteiger partial charge in [0.2, 0.25) is 0 Å². The van der Waals surface area contributed by atoms with E-state index in [1.165, 1.54) is 6.07 Å². The summed E-state index contributed by atoms with van der Waals surface area (Å²) in [7, 11) is 0. The summed E-state index contributed by atoms with van der Waals surface area (Å²) in [4.78, 5) is 23.7. The molecule has 1 N–H and O–H groups in total. The van der Waals surface area contributed by atoms with E-state index in [9.17, 15) is 14.0 Å². The van der Waals surface area contributed by atoms with Gasteiger partial charge in [-0.2, -0.15) is 0 Å². The van der Waals surface area contributed by atoms with Gasteiger partial charge in [-0.15, -0.1) is 0 Å². The molecule has 0 saturated carbocycles. The van der Waals surface area contributed by atoms with Crippen LogP contribution in [-0.4, -0.2) is 29.6 Å². The molecule has 1 aromatic carbocycles. The SMILES string of the molecule is CCOC(=O)c1ccc2cc3n(c2c1F)[C@H](C)CNC3=O. The largest absolute Gasteiger partial charge is 0.462 e. The Hall–Kier alpha value is -2.37. The first-order chi connectivity index (χ1) is 10.0. The topological polar surface area (TPSA) is 60.3 Å². The Morgan fingerprint density at radius 1 is 1.52 bits per heavy atom. The summed E-state index contributed by atoms with van der Waals surface area (Å²) < 4.78 is 21.2. The third kappa shape index (κ3) is 1.98. The predicted octanol–water partition coefficient (Wildman–Crippen LogP) is 2.26. The van der Waals surface area contributed by atoms with E-state index < -0.39 is 11.8 Å². The summed E-state index contributed by atoms with van der Waals surface area (Å²) in [6.07, 6.45) is 0. The molecule has 1 amide bonds. The summed E-state index contributed by atoms with van der Waals surface area (Å²) in [5, 5.41) is 3.35. The lowest BCUT2D eigenvalue weighted by Gasteiger charge is -2.24. The summed E-state index contributed by atoms with van der Waals surface area (Å²) >= 11 is 0. The van der Waals surface area contributed by atoms with Crippen LogP contribution in [0.3, 0.4) is 0 Å². The second kappa shape index (κ2) is 4.87. The highest BCUT2D eigenvalue weighted by molar-refractivity contribution is 6.02. The molecule has 0 radical (unpaired) electrons. The molecule has 1 aliphatic heterocycles. The molecule has 0 spiro atoms. The van der Waals surface area contributed by atoms with E-state index in [2.05, 4.69) is 5.32 Å². The van der Waals surface area contributed by atoms with E-state index in [1.807, 2.05) is 6.92 Å². The van der Waals surface area contributed by atoms with E-state index in [-0.39, 0.29) is 29.6 Å². The number of nitrogens with zero attached hydrogens (tertiary/aromatic N) is 1. The highest BCUT2D eigenvalue weighted by Gasteiger charge is 2.27. The Morgan fingerprint density at radius 2 is 2.29 bits per heavy atom. The number of carbonyl (C=O) groups excluding carboxylic acids is 2. The maximum Gasteiger partial charge on any atom is 0.341 e. The number of carbonyl (C=O) groups is 2. The van der Waals surface area contributed by atoms with Crippen molar-refractivity contribution in [3.05, 3.63) is 35.3 Å². The molecule has 110 valence electrons. The van der Waals surface area contributed by atoms with Gasteiger partial charge in [-0.1, -0.05) is 6.07 Å². The summed E-state index contributed by atoms with van der Waals surface area (Å²) in [6.45, 7) is 4.17. The Balaban J connectivity index is 2.26. The quantitative estimate of drug-likeness (QED) is 0.863. The highest BCUT2D eigenvalue weighted by Crippen LogP contribution is 2.30. The van der Waals surface area contributed by atoms with E-state index in [0.29, 0.717) is 17.6 Å². The minimum absolute atomic E-state index is 0.0813. The average molecular weight is 290 g/mol. The van der Waals surface area contributed by atoms with Gasteiger partial charge in [0.15, 0.2) is 5.82 Å². The molecule has 0 fully saturated rings. The number of hydrogen-bond donors (Lipinski definition) is 1. The number of halogens is 1. The molecule has 2 heterocycles. The van der Waals surface area contributed by atoms with Crippen molar-refractivity contribution in [3.63, 3.8) is 0 Å². The van der Waals surface area contributed by atoms with Gasteiger partial charge in [0.25, 0.3) is 5.91 Å². The van der Waals surface area contributed by atoms with Crippen LogP contribution in [-0.2, 0) is 4.74 Å². The van der Waals surface area contributed by atoms with Crippen LogP contribution in [0.5, 0.6) is 0 Å². The van der Waals surface area contributed by atoms with Gasteiger partial charge < -0.3 is 14.6 Å². The van der Waals surface area contributed by atoms with Gasteiger partial charge in [0.05, 0.1) is 17.7 Å². The lowest BCUT2D eigenvalue weighted by molar-refractivity contribution is 0.0521. The van der Waals surface area contributed by atoms with Crippen LogP contribution in [0.4, 0.5) is 4.39 Å². The average Bonchev–Trinajstić information content (AvgIpc) is 2.85. The molecule has 1 aromatic heterocycles. The molecular formula is C15H15FN2O3. The van der Waals surface area contributed by atoms with E-state index in [1.54, 1.807) is 23.6 Å². The van der Waals surface area contributed by atoms with Gasteiger partial charge in [-0.05, 0) is 26.0 Å². The molecule has 5 nitrogen and oxygen atoms in total. The van der Waals surface area contributed by atoms with Gasteiger partial charge in [0, 0.05) is 18.0 Å². The Morgan fingerprint density at radius 3 is 3.00 bits per heavy atom. The molecule has 0 bridgehead atoms. The van der Waals surface area contributed by atoms with Crippen LogP contribution in [0.15, 0.2) is 18.2 Å². The van der Waals surface area contributed by atoms with Gasteiger partial charge in [0.1, 0.15) is 5.69 Å². The number of fused-ring (bicyclic) bond motifs is 3. The van der Waals surface area contributed by atoms with Crippen LogP contribution in [0, 0.1) is 5.82 Å². The van der Waals surface area contributed by atoms with Crippen molar-refractivity contribution in [2.45, 2.75) is 19.9 Å². The van der Waals surface area contributed by atoms with Crippen molar-refractivity contribution < 1.29 is 18.7 Å². The molecule has 0 unspecified atom stereocenters. The third-order valence-electron chi connectivity index (χ3n) is 3.67. The van der Waals surface area contributed by atoms with E-state index in [0.717, 1.165) is 0 Å². The minimum Gasteiger partial charge on any atom is -0.462 e. The van der Waals surface area contributed by atoms with Crippen molar-refractivity contribution in [2.24, 2.45) is 0 Å². The maximum atomic E-state index is 14.7. The van der Waals surface area contributed by atoms with Gasteiger partial charge in [-0.25, -0.2) is 9.18 Å². The predicted molar refractivity (Wildman–Crippen MR) is 74.9 cm³/mol. The minimum atomic E-state index is -0.694. The first-order valence-electron chi connectivity index (χ1n) is 6.83. The number of esters is 1. The molecule has 0 aliphatic carbocycles.